The average Bonchev–Trinajstić information content (AvgIpc) is 2.72. The molecule has 0 bridgehead atoms. The molecular formula is C22H28N4O5. The van der Waals surface area contributed by atoms with Gasteiger partial charge < -0.3 is 25.0 Å². The topological polar surface area (TPSA) is 112 Å². The van der Waals surface area contributed by atoms with Gasteiger partial charge in [-0.2, -0.15) is 0 Å². The highest BCUT2D eigenvalue weighted by molar-refractivity contribution is 6.05. The van der Waals surface area contributed by atoms with Crippen LogP contribution in [-0.2, 0) is 9.53 Å². The van der Waals surface area contributed by atoms with Crippen LogP contribution in [0.25, 0.3) is 10.9 Å². The van der Waals surface area contributed by atoms with Gasteiger partial charge in [0, 0.05) is 43.7 Å². The molecule has 9 nitrogen and oxygen atoms in total. The molecule has 2 amide bonds. The largest absolute Gasteiger partial charge is 0.478 e. The number of carbonyl (C=O) groups excluding carboxylic acids is 2. The number of carboxylic acid groups (broad SMARTS) is 1. The lowest BCUT2D eigenvalue weighted by Gasteiger charge is -2.35. The average molecular weight is 428 g/mol. The molecule has 0 spiro atoms. The first-order valence-corrected chi connectivity index (χ1v) is 10.4. The number of rotatable bonds is 6. The standard InChI is InChI=1S/C22H28N4O5/c1-4-31-22(30)26-9-7-25(8-10-26)19-13-17(21(28)29)16-12-15(5-6-18(16)24-19)23-20(27)11-14(2)3/h5-6,12-14H,4,7-11H2,1-3H3,(H,23,27)(H,28,29). The number of anilines is 2. The maximum Gasteiger partial charge on any atom is 0.409 e. The van der Waals surface area contributed by atoms with Crippen molar-refractivity contribution >= 4 is 40.4 Å². The number of carboxylic acids is 1. The Kier molecular flexibility index (Phi) is 6.94. The first-order valence-electron chi connectivity index (χ1n) is 10.4. The zero-order chi connectivity index (χ0) is 22.5. The second kappa shape index (κ2) is 9.63. The van der Waals surface area contributed by atoms with Crippen LogP contribution in [0.3, 0.4) is 0 Å². The SMILES string of the molecule is CCOC(=O)N1CCN(c2cc(C(=O)O)c3cc(NC(=O)CC(C)C)ccc3n2)CC1. The molecule has 2 N–H and O–H groups in total. The van der Waals surface area contributed by atoms with Gasteiger partial charge in [-0.05, 0) is 37.1 Å². The maximum absolute atomic E-state index is 12.1. The van der Waals surface area contributed by atoms with E-state index in [0.717, 1.165) is 0 Å². The van der Waals surface area contributed by atoms with Crippen molar-refractivity contribution in [1.82, 2.24) is 9.88 Å². The Labute approximate surface area is 181 Å². The molecule has 31 heavy (non-hydrogen) atoms. The normalized spacial score (nSPS) is 14.1. The number of piperazine rings is 1. The van der Waals surface area contributed by atoms with E-state index in [1.807, 2.05) is 18.7 Å². The van der Waals surface area contributed by atoms with E-state index in [1.165, 1.54) is 0 Å². The van der Waals surface area contributed by atoms with E-state index >= 15 is 0 Å². The monoisotopic (exact) mass is 428 g/mol. The van der Waals surface area contributed by atoms with Crippen molar-refractivity contribution in [2.75, 3.05) is 43.0 Å². The Morgan fingerprint density at radius 1 is 1.16 bits per heavy atom. The van der Waals surface area contributed by atoms with Gasteiger partial charge in [0.25, 0.3) is 0 Å². The molecule has 9 heteroatoms. The summed E-state index contributed by atoms with van der Waals surface area (Å²) >= 11 is 0. The zero-order valence-electron chi connectivity index (χ0n) is 18.1. The van der Waals surface area contributed by atoms with Gasteiger partial charge in [-0.15, -0.1) is 0 Å². The third kappa shape index (κ3) is 5.42. The van der Waals surface area contributed by atoms with Gasteiger partial charge in [0.15, 0.2) is 0 Å². The zero-order valence-corrected chi connectivity index (χ0v) is 18.1. The summed E-state index contributed by atoms with van der Waals surface area (Å²) in [7, 11) is 0. The summed E-state index contributed by atoms with van der Waals surface area (Å²) in [5.74, 6) is -0.409. The van der Waals surface area contributed by atoms with Crippen LogP contribution in [0.4, 0.5) is 16.3 Å². The van der Waals surface area contributed by atoms with E-state index in [4.69, 9.17) is 4.74 Å². The molecule has 0 atom stereocenters. The summed E-state index contributed by atoms with van der Waals surface area (Å²) in [4.78, 5) is 44.1. The minimum absolute atomic E-state index is 0.115. The van der Waals surface area contributed by atoms with E-state index in [-0.39, 0.29) is 23.5 Å². The molecule has 0 radical (unpaired) electrons. The Morgan fingerprint density at radius 3 is 2.48 bits per heavy atom. The number of nitrogens with zero attached hydrogens (tertiary/aromatic N) is 3. The number of hydrogen-bond acceptors (Lipinski definition) is 6. The lowest BCUT2D eigenvalue weighted by Crippen LogP contribution is -2.49. The van der Waals surface area contributed by atoms with Gasteiger partial charge in [-0.25, -0.2) is 14.6 Å². The van der Waals surface area contributed by atoms with Gasteiger partial charge in [-0.3, -0.25) is 4.79 Å². The predicted octanol–water partition coefficient (Wildman–Crippen LogP) is 3.20. The summed E-state index contributed by atoms with van der Waals surface area (Å²) in [5.41, 5.74) is 1.19. The van der Waals surface area contributed by atoms with Crippen LogP contribution in [-0.4, -0.2) is 65.7 Å². The third-order valence-electron chi connectivity index (χ3n) is 5.03. The maximum atomic E-state index is 12.1. The molecule has 0 aliphatic carbocycles. The number of benzene rings is 1. The fraction of sp³-hybridized carbons (Fsp3) is 0.455. The Morgan fingerprint density at radius 2 is 1.87 bits per heavy atom. The van der Waals surface area contributed by atoms with Crippen molar-refractivity contribution in [1.29, 1.82) is 0 Å². The van der Waals surface area contributed by atoms with Crippen LogP contribution in [0.2, 0.25) is 0 Å². The minimum atomic E-state index is -1.07. The van der Waals surface area contributed by atoms with E-state index in [2.05, 4.69) is 10.3 Å². The summed E-state index contributed by atoms with van der Waals surface area (Å²) < 4.78 is 5.04. The van der Waals surface area contributed by atoms with Crippen LogP contribution < -0.4 is 10.2 Å². The van der Waals surface area contributed by atoms with Gasteiger partial charge in [0.1, 0.15) is 5.82 Å². The number of hydrogen-bond donors (Lipinski definition) is 2. The van der Waals surface area contributed by atoms with Crippen molar-refractivity contribution in [2.24, 2.45) is 5.92 Å². The van der Waals surface area contributed by atoms with Crippen molar-refractivity contribution < 1.29 is 24.2 Å². The number of fused-ring (bicyclic) bond motifs is 1. The molecule has 1 aromatic carbocycles. The number of ether oxygens (including phenoxy) is 1. The molecule has 0 unspecified atom stereocenters. The Bertz CT molecular complexity index is 983. The second-order valence-corrected chi connectivity index (χ2v) is 7.88. The molecule has 166 valence electrons. The fourth-order valence-electron chi connectivity index (χ4n) is 3.54. The minimum Gasteiger partial charge on any atom is -0.478 e. The number of pyridine rings is 1. The first-order chi connectivity index (χ1) is 14.8. The molecular weight excluding hydrogens is 400 g/mol. The lowest BCUT2D eigenvalue weighted by molar-refractivity contribution is -0.116. The first kappa shape index (κ1) is 22.3. The van der Waals surface area contributed by atoms with Crippen molar-refractivity contribution in [3.05, 3.63) is 29.8 Å². The van der Waals surface area contributed by atoms with Crippen LogP contribution in [0.15, 0.2) is 24.3 Å². The summed E-state index contributed by atoms with van der Waals surface area (Å²) in [6.07, 6.45) is 0.0468. The van der Waals surface area contributed by atoms with Gasteiger partial charge in [0.2, 0.25) is 5.91 Å². The second-order valence-electron chi connectivity index (χ2n) is 7.88. The van der Waals surface area contributed by atoms with Gasteiger partial charge in [-0.1, -0.05) is 13.8 Å². The summed E-state index contributed by atoms with van der Waals surface area (Å²) in [6.45, 7) is 8.01. The highest BCUT2D eigenvalue weighted by Crippen LogP contribution is 2.27. The van der Waals surface area contributed by atoms with Crippen LogP contribution in [0, 0.1) is 5.92 Å². The van der Waals surface area contributed by atoms with Gasteiger partial charge in [0.05, 0.1) is 17.7 Å². The summed E-state index contributed by atoms with van der Waals surface area (Å²) in [5, 5.41) is 13.0. The molecule has 1 aromatic heterocycles. The number of aromatic carboxylic acids is 1. The summed E-state index contributed by atoms with van der Waals surface area (Å²) in [6, 6.07) is 6.63. The van der Waals surface area contributed by atoms with E-state index in [1.54, 1.807) is 36.1 Å². The third-order valence-corrected chi connectivity index (χ3v) is 5.03. The molecule has 2 heterocycles. The van der Waals surface area contributed by atoms with E-state index in [9.17, 15) is 19.5 Å². The smallest absolute Gasteiger partial charge is 0.409 e. The van der Waals surface area contributed by atoms with Crippen LogP contribution >= 0.6 is 0 Å². The Hall–Kier alpha value is -3.36. The number of nitrogens with one attached hydrogen (secondary N) is 1. The Balaban J connectivity index is 1.83. The highest BCUT2D eigenvalue weighted by atomic mass is 16.6. The number of carbonyl (C=O) groups is 3. The van der Waals surface area contributed by atoms with Crippen molar-refractivity contribution in [3.63, 3.8) is 0 Å². The molecule has 1 saturated heterocycles. The molecule has 1 aliphatic heterocycles. The molecule has 1 fully saturated rings. The molecule has 3 rings (SSSR count). The number of aromatic nitrogens is 1. The predicted molar refractivity (Wildman–Crippen MR) is 118 cm³/mol. The molecule has 0 saturated carbocycles. The molecule has 2 aromatic rings. The van der Waals surface area contributed by atoms with Gasteiger partial charge >= 0.3 is 12.1 Å². The lowest BCUT2D eigenvalue weighted by atomic mass is 10.1. The van der Waals surface area contributed by atoms with E-state index < -0.39 is 5.97 Å². The highest BCUT2D eigenvalue weighted by Gasteiger charge is 2.24. The quantitative estimate of drug-likeness (QED) is 0.727. The molecule has 1 aliphatic rings. The number of amides is 2. The fourth-order valence-corrected chi connectivity index (χ4v) is 3.54. The van der Waals surface area contributed by atoms with E-state index in [0.29, 0.717) is 61.6 Å². The van der Waals surface area contributed by atoms with Crippen molar-refractivity contribution in [2.45, 2.75) is 27.2 Å². The van der Waals surface area contributed by atoms with Crippen molar-refractivity contribution in [3.8, 4) is 0 Å². The van der Waals surface area contributed by atoms with Crippen LogP contribution in [0.1, 0.15) is 37.6 Å². The van der Waals surface area contributed by atoms with Crippen LogP contribution in [0.5, 0.6) is 0 Å².